The Morgan fingerprint density at radius 3 is 2.62 bits per heavy atom. The molecule has 1 aliphatic heterocycles. The summed E-state index contributed by atoms with van der Waals surface area (Å²) in [5.74, 6) is 0.447. The number of carbonyl (C=O) groups is 2. The second-order valence-corrected chi connectivity index (χ2v) is 6.92. The van der Waals surface area contributed by atoms with Crippen LogP contribution in [0.25, 0.3) is 17.6 Å². The van der Waals surface area contributed by atoms with E-state index in [-0.39, 0.29) is 17.9 Å². The molecule has 2 fully saturated rings. The van der Waals surface area contributed by atoms with Gasteiger partial charge in [-0.2, -0.15) is 0 Å². The molecule has 0 atom stereocenters. The maximum atomic E-state index is 12.5. The highest BCUT2D eigenvalue weighted by atomic mass is 16.2. The minimum absolute atomic E-state index is 0.0344. The first kappa shape index (κ1) is 16.5. The smallest absolute Gasteiger partial charge is 0.266 e. The molecule has 0 radical (unpaired) electrons. The summed E-state index contributed by atoms with van der Waals surface area (Å²) in [6.45, 7) is 4.52. The molecule has 0 bridgehead atoms. The van der Waals surface area contributed by atoms with Crippen LogP contribution in [0.3, 0.4) is 0 Å². The van der Waals surface area contributed by atoms with Crippen molar-refractivity contribution in [3.8, 4) is 11.4 Å². The minimum Gasteiger partial charge on any atom is -0.273 e. The van der Waals surface area contributed by atoms with Crippen LogP contribution in [0.15, 0.2) is 30.6 Å². The lowest BCUT2D eigenvalue weighted by atomic mass is 10.1. The Balaban J connectivity index is 1.48. The average molecular weight is 351 g/mol. The fourth-order valence-corrected chi connectivity index (χ4v) is 3.30. The molecule has 0 unspecified atom stereocenters. The van der Waals surface area contributed by atoms with Gasteiger partial charge in [0.2, 0.25) is 5.91 Å². The highest BCUT2D eigenvalue weighted by Crippen LogP contribution is 2.31. The number of benzene rings is 1. The van der Waals surface area contributed by atoms with Crippen LogP contribution in [0.2, 0.25) is 0 Å². The van der Waals surface area contributed by atoms with Gasteiger partial charge < -0.3 is 0 Å². The maximum Gasteiger partial charge on any atom is 0.266 e. The summed E-state index contributed by atoms with van der Waals surface area (Å²) < 4.78 is 1.52. The lowest BCUT2D eigenvalue weighted by molar-refractivity contribution is -0.151. The van der Waals surface area contributed by atoms with Crippen LogP contribution in [-0.2, 0) is 9.59 Å². The van der Waals surface area contributed by atoms with Gasteiger partial charge in [0, 0.05) is 24.3 Å². The molecular formula is C19H21N5O2. The van der Waals surface area contributed by atoms with Gasteiger partial charge in [0.25, 0.3) is 5.91 Å². The van der Waals surface area contributed by atoms with Crippen LogP contribution in [0.1, 0.15) is 30.4 Å². The second kappa shape index (κ2) is 6.40. The monoisotopic (exact) mass is 351 g/mol. The molecule has 0 N–H and O–H groups in total. The van der Waals surface area contributed by atoms with Crippen molar-refractivity contribution in [1.82, 2.24) is 24.8 Å². The van der Waals surface area contributed by atoms with Crippen molar-refractivity contribution in [2.45, 2.75) is 39.2 Å². The molecule has 7 heteroatoms. The standard InChI is InChI=1S/C19H21N5O2/c1-13-9-14(2)11-15(10-13)19-20-12-22(21-19)7-5-17(25)23-8-6-18(26)24(23)16-3-4-16/h5,7,9-12,16H,3-4,6,8H2,1-2H3/b7-5-. The first-order chi connectivity index (χ1) is 12.5. The number of aromatic nitrogens is 3. The summed E-state index contributed by atoms with van der Waals surface area (Å²) >= 11 is 0. The van der Waals surface area contributed by atoms with E-state index in [2.05, 4.69) is 16.1 Å². The SMILES string of the molecule is Cc1cc(C)cc(-c2ncn(/C=C\C(=O)N3CCC(=O)N3C3CC3)n2)c1. The van der Waals surface area contributed by atoms with Crippen LogP contribution in [-0.4, -0.2) is 49.2 Å². The lowest BCUT2D eigenvalue weighted by Gasteiger charge is -2.26. The van der Waals surface area contributed by atoms with E-state index in [0.717, 1.165) is 29.5 Å². The molecule has 0 spiro atoms. The van der Waals surface area contributed by atoms with Crippen molar-refractivity contribution in [2.75, 3.05) is 6.54 Å². The van der Waals surface area contributed by atoms with Gasteiger partial charge in [-0.1, -0.05) is 17.2 Å². The molecule has 26 heavy (non-hydrogen) atoms. The number of hydrogen-bond acceptors (Lipinski definition) is 4. The van der Waals surface area contributed by atoms with Crippen LogP contribution >= 0.6 is 0 Å². The zero-order valence-corrected chi connectivity index (χ0v) is 14.9. The van der Waals surface area contributed by atoms with Crippen molar-refractivity contribution in [1.29, 1.82) is 0 Å². The first-order valence-corrected chi connectivity index (χ1v) is 8.83. The van der Waals surface area contributed by atoms with Crippen LogP contribution in [0.4, 0.5) is 0 Å². The molecule has 2 amide bonds. The van der Waals surface area contributed by atoms with E-state index in [1.165, 1.54) is 15.8 Å². The Morgan fingerprint density at radius 2 is 1.92 bits per heavy atom. The Bertz CT molecular complexity index is 877. The molecule has 2 aliphatic rings. The molecule has 1 aliphatic carbocycles. The quantitative estimate of drug-likeness (QED) is 0.792. The average Bonchev–Trinajstić information content (AvgIpc) is 3.18. The second-order valence-electron chi connectivity index (χ2n) is 6.92. The number of nitrogens with zero attached hydrogens (tertiary/aromatic N) is 5. The Kier molecular flexibility index (Phi) is 4.06. The largest absolute Gasteiger partial charge is 0.273 e. The minimum atomic E-state index is -0.203. The summed E-state index contributed by atoms with van der Waals surface area (Å²) in [5, 5.41) is 7.57. The first-order valence-electron chi connectivity index (χ1n) is 8.83. The van der Waals surface area contributed by atoms with Crippen molar-refractivity contribution >= 4 is 18.0 Å². The fourth-order valence-electron chi connectivity index (χ4n) is 3.30. The zero-order chi connectivity index (χ0) is 18.3. The molecule has 2 heterocycles. The van der Waals surface area contributed by atoms with E-state index in [4.69, 9.17) is 0 Å². The number of rotatable bonds is 4. The van der Waals surface area contributed by atoms with E-state index < -0.39 is 0 Å². The number of amides is 2. The third kappa shape index (κ3) is 3.24. The summed E-state index contributed by atoms with van der Waals surface area (Å²) in [6.07, 6.45) is 6.94. The van der Waals surface area contributed by atoms with Crippen LogP contribution < -0.4 is 0 Å². The van der Waals surface area contributed by atoms with Gasteiger partial charge in [0.05, 0.1) is 12.6 Å². The summed E-state index contributed by atoms with van der Waals surface area (Å²) in [4.78, 5) is 28.7. The topological polar surface area (TPSA) is 71.3 Å². The van der Waals surface area contributed by atoms with Crippen molar-refractivity contribution in [2.24, 2.45) is 0 Å². The lowest BCUT2D eigenvalue weighted by Crippen LogP contribution is -2.43. The summed E-state index contributed by atoms with van der Waals surface area (Å²) in [6, 6.07) is 6.36. The van der Waals surface area contributed by atoms with Crippen molar-refractivity contribution in [3.05, 3.63) is 41.7 Å². The fraction of sp³-hybridized carbons (Fsp3) is 0.368. The van der Waals surface area contributed by atoms with Gasteiger partial charge >= 0.3 is 0 Å². The Morgan fingerprint density at radius 1 is 1.19 bits per heavy atom. The number of carbonyl (C=O) groups excluding carboxylic acids is 2. The van der Waals surface area contributed by atoms with E-state index in [0.29, 0.717) is 18.8 Å². The van der Waals surface area contributed by atoms with Gasteiger partial charge in [0.15, 0.2) is 5.82 Å². The van der Waals surface area contributed by atoms with Gasteiger partial charge in [-0.05, 0) is 38.8 Å². The maximum absolute atomic E-state index is 12.5. The summed E-state index contributed by atoms with van der Waals surface area (Å²) in [7, 11) is 0. The van der Waals surface area contributed by atoms with Gasteiger partial charge in [-0.15, -0.1) is 5.10 Å². The molecule has 1 aromatic heterocycles. The van der Waals surface area contributed by atoms with Gasteiger partial charge in [-0.25, -0.2) is 19.7 Å². The normalized spacial score (nSPS) is 17.5. The number of hydrogen-bond donors (Lipinski definition) is 0. The molecule has 2 aromatic rings. The van der Waals surface area contributed by atoms with Crippen molar-refractivity contribution < 1.29 is 9.59 Å². The van der Waals surface area contributed by atoms with Gasteiger partial charge in [0.1, 0.15) is 6.33 Å². The third-order valence-corrected chi connectivity index (χ3v) is 4.56. The molecular weight excluding hydrogens is 330 g/mol. The molecule has 1 saturated heterocycles. The van der Waals surface area contributed by atoms with E-state index in [1.54, 1.807) is 17.5 Å². The number of hydrazine groups is 1. The van der Waals surface area contributed by atoms with Crippen molar-refractivity contribution in [3.63, 3.8) is 0 Å². The number of aryl methyl sites for hydroxylation is 2. The Labute approximate surface area is 151 Å². The summed E-state index contributed by atoms with van der Waals surface area (Å²) in [5.41, 5.74) is 3.26. The molecule has 1 saturated carbocycles. The molecule has 1 aromatic carbocycles. The molecule has 134 valence electrons. The zero-order valence-electron chi connectivity index (χ0n) is 14.9. The predicted octanol–water partition coefficient (Wildman–Crippen LogP) is 2.17. The van der Waals surface area contributed by atoms with Crippen LogP contribution in [0, 0.1) is 13.8 Å². The van der Waals surface area contributed by atoms with E-state index in [9.17, 15) is 9.59 Å². The van der Waals surface area contributed by atoms with E-state index >= 15 is 0 Å². The highest BCUT2D eigenvalue weighted by Gasteiger charge is 2.41. The third-order valence-electron chi connectivity index (χ3n) is 4.56. The predicted molar refractivity (Wildman–Crippen MR) is 96.5 cm³/mol. The molecule has 4 rings (SSSR count). The van der Waals surface area contributed by atoms with E-state index in [1.807, 2.05) is 26.0 Å². The highest BCUT2D eigenvalue weighted by molar-refractivity contribution is 5.93. The Hall–Kier alpha value is -2.96. The van der Waals surface area contributed by atoms with Gasteiger partial charge in [-0.3, -0.25) is 9.59 Å². The molecule has 7 nitrogen and oxygen atoms in total. The van der Waals surface area contributed by atoms with Crippen LogP contribution in [0.5, 0.6) is 0 Å².